The van der Waals surface area contributed by atoms with Gasteiger partial charge in [-0.25, -0.2) is 4.79 Å². The molecule has 27 heavy (non-hydrogen) atoms. The first-order chi connectivity index (χ1) is 13.1. The van der Waals surface area contributed by atoms with E-state index < -0.39 is 6.09 Å². The van der Waals surface area contributed by atoms with E-state index in [1.165, 1.54) is 18.4 Å². The lowest BCUT2D eigenvalue weighted by atomic mass is 10.2. The quantitative estimate of drug-likeness (QED) is 0.617. The highest BCUT2D eigenvalue weighted by Crippen LogP contribution is 2.29. The molecule has 3 rings (SSSR count). The monoisotopic (exact) mass is 387 g/mol. The molecule has 0 bridgehead atoms. The number of aryl methyl sites for hydroxylation is 1. The first-order valence-electron chi connectivity index (χ1n) is 8.11. The fraction of sp³-hybridized carbons (Fsp3) is 0.222. The van der Waals surface area contributed by atoms with E-state index >= 15 is 0 Å². The minimum absolute atomic E-state index is 0.169. The van der Waals surface area contributed by atoms with Crippen molar-refractivity contribution in [3.05, 3.63) is 53.9 Å². The molecule has 1 amide bonds. The lowest BCUT2D eigenvalue weighted by molar-refractivity contribution is -0.140. The summed E-state index contributed by atoms with van der Waals surface area (Å²) in [5.74, 6) is 0.400. The summed E-state index contributed by atoms with van der Waals surface area (Å²) in [6, 6.07) is 12.9. The van der Waals surface area contributed by atoms with Gasteiger partial charge >= 0.3 is 12.1 Å². The van der Waals surface area contributed by atoms with Crippen LogP contribution in [0.1, 0.15) is 17.9 Å². The predicted molar refractivity (Wildman–Crippen MR) is 98.2 cm³/mol. The van der Waals surface area contributed by atoms with Gasteiger partial charge in [-0.2, -0.15) is 4.98 Å². The number of thiophene rings is 1. The van der Waals surface area contributed by atoms with Crippen LogP contribution in [0, 0.1) is 0 Å². The van der Waals surface area contributed by atoms with Crippen molar-refractivity contribution < 1.29 is 23.6 Å². The third-order valence-electron chi connectivity index (χ3n) is 3.50. The van der Waals surface area contributed by atoms with Crippen LogP contribution in [0.2, 0.25) is 0 Å². The first-order valence-corrected chi connectivity index (χ1v) is 8.93. The number of hydrogen-bond donors (Lipinski definition) is 1. The molecule has 0 saturated heterocycles. The Labute approximate surface area is 159 Å². The first kappa shape index (κ1) is 18.6. The number of rotatable bonds is 7. The van der Waals surface area contributed by atoms with Gasteiger partial charge in [0, 0.05) is 6.42 Å². The van der Waals surface area contributed by atoms with Crippen LogP contribution in [-0.4, -0.2) is 29.3 Å². The molecule has 1 N–H and O–H groups in total. The summed E-state index contributed by atoms with van der Waals surface area (Å²) in [6.07, 6.45) is -0.0657. The molecule has 8 nitrogen and oxygen atoms in total. The van der Waals surface area contributed by atoms with Gasteiger partial charge in [0.15, 0.2) is 0 Å². The van der Waals surface area contributed by atoms with Crippen LogP contribution >= 0.6 is 11.3 Å². The Balaban J connectivity index is 1.53. The average Bonchev–Trinajstić information content (AvgIpc) is 3.34. The van der Waals surface area contributed by atoms with Gasteiger partial charge in [0.1, 0.15) is 6.61 Å². The van der Waals surface area contributed by atoms with E-state index in [1.54, 1.807) is 12.1 Å². The van der Waals surface area contributed by atoms with Crippen molar-refractivity contribution in [1.29, 1.82) is 0 Å². The predicted octanol–water partition coefficient (Wildman–Crippen LogP) is 3.65. The molecular formula is C18H17N3O5S. The molecule has 140 valence electrons. The number of aromatic nitrogens is 2. The van der Waals surface area contributed by atoms with E-state index in [0.717, 1.165) is 10.4 Å². The van der Waals surface area contributed by atoms with Crippen molar-refractivity contribution in [2.24, 2.45) is 0 Å². The maximum Gasteiger partial charge on any atom is 0.412 e. The van der Waals surface area contributed by atoms with E-state index in [0.29, 0.717) is 23.1 Å². The minimum atomic E-state index is -0.542. The lowest BCUT2D eigenvalue weighted by Gasteiger charge is -2.05. The number of methoxy groups -OCH3 is 1. The van der Waals surface area contributed by atoms with E-state index in [4.69, 9.17) is 9.26 Å². The standard InChI is InChI=1S/C18H17N3O5S/c1-24-16(22)10-8-14-19-17(21-26-14)13-7-9-15(27-13)20-18(23)25-11-12-5-3-2-4-6-12/h2-7,9H,8,10-11H2,1H3,(H,20,23). The molecule has 0 radical (unpaired) electrons. The van der Waals surface area contributed by atoms with Crippen LogP contribution in [0.4, 0.5) is 9.80 Å². The maximum atomic E-state index is 11.9. The summed E-state index contributed by atoms with van der Waals surface area (Å²) in [5.41, 5.74) is 0.908. The van der Waals surface area contributed by atoms with Crippen molar-refractivity contribution in [3.63, 3.8) is 0 Å². The Hall–Kier alpha value is -3.20. The Morgan fingerprint density at radius 1 is 1.19 bits per heavy atom. The second kappa shape index (κ2) is 8.95. The number of amides is 1. The molecular weight excluding hydrogens is 370 g/mol. The van der Waals surface area contributed by atoms with Crippen LogP contribution in [0.3, 0.4) is 0 Å². The van der Waals surface area contributed by atoms with Gasteiger partial charge < -0.3 is 14.0 Å². The van der Waals surface area contributed by atoms with Crippen LogP contribution < -0.4 is 5.32 Å². The van der Waals surface area contributed by atoms with Gasteiger partial charge in [0.05, 0.1) is 23.4 Å². The SMILES string of the molecule is COC(=O)CCc1nc(-c2ccc(NC(=O)OCc3ccccc3)s2)no1. The summed E-state index contributed by atoms with van der Waals surface area (Å²) in [7, 11) is 1.33. The highest BCUT2D eigenvalue weighted by atomic mass is 32.1. The zero-order chi connectivity index (χ0) is 19.1. The highest BCUT2D eigenvalue weighted by molar-refractivity contribution is 7.19. The van der Waals surface area contributed by atoms with Crippen molar-refractivity contribution in [3.8, 4) is 10.7 Å². The van der Waals surface area contributed by atoms with Gasteiger partial charge in [-0.3, -0.25) is 10.1 Å². The molecule has 2 heterocycles. The minimum Gasteiger partial charge on any atom is -0.469 e. The molecule has 0 aliphatic rings. The summed E-state index contributed by atoms with van der Waals surface area (Å²) in [5, 5.41) is 7.15. The number of hydrogen-bond acceptors (Lipinski definition) is 8. The Morgan fingerprint density at radius 2 is 2.00 bits per heavy atom. The Kier molecular flexibility index (Phi) is 6.16. The topological polar surface area (TPSA) is 104 Å². The number of esters is 1. The number of carbonyl (C=O) groups is 2. The van der Waals surface area contributed by atoms with E-state index in [1.807, 2.05) is 30.3 Å². The van der Waals surface area contributed by atoms with E-state index in [9.17, 15) is 9.59 Å². The van der Waals surface area contributed by atoms with Crippen LogP contribution in [-0.2, 0) is 27.3 Å². The number of nitrogens with zero attached hydrogens (tertiary/aromatic N) is 2. The highest BCUT2D eigenvalue weighted by Gasteiger charge is 2.14. The smallest absolute Gasteiger partial charge is 0.412 e. The molecule has 2 aromatic heterocycles. The van der Waals surface area contributed by atoms with Crippen molar-refractivity contribution in [2.45, 2.75) is 19.4 Å². The van der Waals surface area contributed by atoms with Gasteiger partial charge in [-0.1, -0.05) is 35.5 Å². The van der Waals surface area contributed by atoms with Crippen LogP contribution in [0.15, 0.2) is 47.0 Å². The number of carbonyl (C=O) groups excluding carboxylic acids is 2. The molecule has 0 spiro atoms. The molecule has 3 aromatic rings. The third-order valence-corrected chi connectivity index (χ3v) is 4.50. The normalized spacial score (nSPS) is 10.4. The molecule has 0 saturated carbocycles. The molecule has 1 aromatic carbocycles. The molecule has 0 aliphatic carbocycles. The zero-order valence-corrected chi connectivity index (χ0v) is 15.3. The van der Waals surface area contributed by atoms with Gasteiger partial charge in [-0.15, -0.1) is 11.3 Å². The molecule has 9 heteroatoms. The number of benzene rings is 1. The van der Waals surface area contributed by atoms with Crippen molar-refractivity contribution in [1.82, 2.24) is 10.1 Å². The average molecular weight is 387 g/mol. The van der Waals surface area contributed by atoms with Gasteiger partial charge in [-0.05, 0) is 17.7 Å². The fourth-order valence-corrected chi connectivity index (χ4v) is 2.97. The summed E-state index contributed by atoms with van der Waals surface area (Å²) in [6.45, 7) is 0.194. The van der Waals surface area contributed by atoms with Gasteiger partial charge in [0.2, 0.25) is 11.7 Å². The van der Waals surface area contributed by atoms with Gasteiger partial charge in [0.25, 0.3) is 0 Å². The maximum absolute atomic E-state index is 11.9. The molecule has 0 aliphatic heterocycles. The summed E-state index contributed by atoms with van der Waals surface area (Å²) in [4.78, 5) is 28.0. The third kappa shape index (κ3) is 5.38. The van der Waals surface area contributed by atoms with Crippen molar-refractivity contribution in [2.75, 3.05) is 12.4 Å². The zero-order valence-electron chi connectivity index (χ0n) is 14.5. The number of anilines is 1. The van der Waals surface area contributed by atoms with E-state index in [-0.39, 0.29) is 19.0 Å². The number of ether oxygens (including phenoxy) is 2. The van der Waals surface area contributed by atoms with Crippen LogP contribution in [0.25, 0.3) is 10.7 Å². The summed E-state index contributed by atoms with van der Waals surface area (Å²) < 4.78 is 14.9. The lowest BCUT2D eigenvalue weighted by Crippen LogP contribution is -2.12. The largest absolute Gasteiger partial charge is 0.469 e. The molecule has 0 atom stereocenters. The van der Waals surface area contributed by atoms with Crippen LogP contribution in [0.5, 0.6) is 0 Å². The second-order valence-electron chi connectivity index (χ2n) is 5.44. The molecule has 0 unspecified atom stereocenters. The Bertz CT molecular complexity index is 907. The summed E-state index contributed by atoms with van der Waals surface area (Å²) >= 11 is 1.29. The van der Waals surface area contributed by atoms with Crippen molar-refractivity contribution >= 4 is 28.4 Å². The Morgan fingerprint density at radius 3 is 2.78 bits per heavy atom. The fourth-order valence-electron chi connectivity index (χ4n) is 2.15. The number of nitrogens with one attached hydrogen (secondary N) is 1. The van der Waals surface area contributed by atoms with E-state index in [2.05, 4.69) is 20.2 Å². The second-order valence-corrected chi connectivity index (χ2v) is 6.52. The molecule has 0 fully saturated rings.